The Labute approximate surface area is 245 Å². The number of benzene rings is 2. The minimum Gasteiger partial charge on any atom is -0.493 e. The molecule has 0 fully saturated rings. The Kier molecular flexibility index (Phi) is 9.26. The van der Waals surface area contributed by atoms with Crippen molar-refractivity contribution in [1.29, 1.82) is 0 Å². The molecule has 12 heteroatoms. The smallest absolute Gasteiger partial charge is 0.338 e. The van der Waals surface area contributed by atoms with Crippen LogP contribution in [0.4, 0.5) is 0 Å². The number of hydrogen-bond donors (Lipinski definition) is 0. The summed E-state index contributed by atoms with van der Waals surface area (Å²) in [6, 6.07) is 8.88. The van der Waals surface area contributed by atoms with Crippen molar-refractivity contribution in [2.45, 2.75) is 40.7 Å². The van der Waals surface area contributed by atoms with E-state index in [0.717, 1.165) is 11.3 Å². The fraction of sp³-hybridized carbons (Fsp3) is 0.300. The standard InChI is InChI=1S/C30H30N2O9S/c1-7-38-24-13-19(9-11-22(24)41-18(5)34)14-25-28(35)32-27(20-10-12-21(40-17(4)33)23(15-20)37-6)26(29(36)39-8-2)16(3)31-30(32)42-25/h9-15,27H,7-8H2,1-6H3. The second-order valence-corrected chi connectivity index (χ2v) is 10.0. The maximum atomic E-state index is 13.9. The number of fused-ring (bicyclic) bond motifs is 1. The summed E-state index contributed by atoms with van der Waals surface area (Å²) in [5.41, 5.74) is 1.37. The first kappa shape index (κ1) is 30.3. The van der Waals surface area contributed by atoms with Crippen LogP contribution in [0.25, 0.3) is 6.08 Å². The van der Waals surface area contributed by atoms with E-state index in [1.54, 1.807) is 63.2 Å². The number of rotatable bonds is 9. The van der Waals surface area contributed by atoms with Gasteiger partial charge in [0.25, 0.3) is 5.56 Å². The van der Waals surface area contributed by atoms with Crippen LogP contribution < -0.4 is 33.8 Å². The van der Waals surface area contributed by atoms with Gasteiger partial charge in [-0.1, -0.05) is 23.5 Å². The summed E-state index contributed by atoms with van der Waals surface area (Å²) in [6.45, 7) is 8.23. The maximum Gasteiger partial charge on any atom is 0.338 e. The molecule has 0 radical (unpaired) electrons. The van der Waals surface area contributed by atoms with E-state index in [1.165, 1.54) is 25.5 Å². The fourth-order valence-electron chi connectivity index (χ4n) is 4.47. The van der Waals surface area contributed by atoms with Crippen molar-refractivity contribution in [3.8, 4) is 23.0 Å². The molecular weight excluding hydrogens is 564 g/mol. The Morgan fingerprint density at radius 2 is 1.62 bits per heavy atom. The van der Waals surface area contributed by atoms with Crippen LogP contribution in [0.1, 0.15) is 51.8 Å². The molecule has 0 amide bonds. The summed E-state index contributed by atoms with van der Waals surface area (Å²) < 4.78 is 28.7. The van der Waals surface area contributed by atoms with E-state index in [1.807, 2.05) is 0 Å². The van der Waals surface area contributed by atoms with Crippen LogP contribution in [0.5, 0.6) is 23.0 Å². The van der Waals surface area contributed by atoms with E-state index in [0.29, 0.717) is 38.5 Å². The van der Waals surface area contributed by atoms with Gasteiger partial charge in [0.2, 0.25) is 0 Å². The normalized spacial score (nSPS) is 14.5. The molecule has 3 aromatic rings. The fourth-order valence-corrected chi connectivity index (χ4v) is 5.52. The van der Waals surface area contributed by atoms with Crippen LogP contribution >= 0.6 is 11.3 Å². The molecule has 1 atom stereocenters. The molecule has 0 N–H and O–H groups in total. The third-order valence-electron chi connectivity index (χ3n) is 6.09. The number of methoxy groups -OCH3 is 1. The molecule has 2 aromatic carbocycles. The van der Waals surface area contributed by atoms with Crippen molar-refractivity contribution < 1.29 is 38.1 Å². The first-order valence-corrected chi connectivity index (χ1v) is 13.9. The van der Waals surface area contributed by atoms with Crippen molar-refractivity contribution in [2.24, 2.45) is 4.99 Å². The van der Waals surface area contributed by atoms with Gasteiger partial charge in [-0.25, -0.2) is 9.79 Å². The largest absolute Gasteiger partial charge is 0.493 e. The highest BCUT2D eigenvalue weighted by Gasteiger charge is 2.34. The number of hydrogen-bond acceptors (Lipinski definition) is 11. The van der Waals surface area contributed by atoms with Gasteiger partial charge in [-0.2, -0.15) is 0 Å². The number of allylic oxidation sites excluding steroid dienone is 1. The highest BCUT2D eigenvalue weighted by Crippen LogP contribution is 2.36. The molecule has 42 heavy (non-hydrogen) atoms. The lowest BCUT2D eigenvalue weighted by Crippen LogP contribution is -2.40. The van der Waals surface area contributed by atoms with E-state index in [4.69, 9.17) is 23.7 Å². The number of thiazole rings is 1. The first-order chi connectivity index (χ1) is 20.1. The highest BCUT2D eigenvalue weighted by atomic mass is 32.1. The predicted molar refractivity (Wildman–Crippen MR) is 154 cm³/mol. The van der Waals surface area contributed by atoms with Crippen LogP contribution in [0.3, 0.4) is 0 Å². The second-order valence-electron chi connectivity index (χ2n) is 9.04. The SMILES string of the molecule is CCOC(=O)C1=C(C)N=c2sc(=Cc3ccc(OC(C)=O)c(OCC)c3)c(=O)n2C1c1ccc(OC(C)=O)c(OC)c1. The molecule has 4 rings (SSSR count). The van der Waals surface area contributed by atoms with Gasteiger partial charge in [0.15, 0.2) is 27.8 Å². The van der Waals surface area contributed by atoms with Crippen molar-refractivity contribution in [1.82, 2.24) is 4.57 Å². The Morgan fingerprint density at radius 3 is 2.24 bits per heavy atom. The average molecular weight is 595 g/mol. The third-order valence-corrected chi connectivity index (χ3v) is 7.08. The number of aromatic nitrogens is 1. The van der Waals surface area contributed by atoms with Gasteiger partial charge in [-0.15, -0.1) is 0 Å². The maximum absolute atomic E-state index is 13.9. The molecule has 220 valence electrons. The molecule has 0 saturated heterocycles. The molecule has 1 aliphatic heterocycles. The average Bonchev–Trinajstić information content (AvgIpc) is 3.23. The summed E-state index contributed by atoms with van der Waals surface area (Å²) >= 11 is 1.16. The van der Waals surface area contributed by atoms with E-state index >= 15 is 0 Å². The number of ether oxygens (including phenoxy) is 5. The van der Waals surface area contributed by atoms with Crippen LogP contribution in [-0.2, 0) is 19.1 Å². The lowest BCUT2D eigenvalue weighted by molar-refractivity contribution is -0.139. The zero-order chi connectivity index (χ0) is 30.6. The topological polar surface area (TPSA) is 132 Å². The Bertz CT molecular complexity index is 1770. The number of esters is 3. The summed E-state index contributed by atoms with van der Waals surface area (Å²) in [4.78, 5) is 55.1. The van der Waals surface area contributed by atoms with E-state index in [9.17, 15) is 19.2 Å². The van der Waals surface area contributed by atoms with Crippen molar-refractivity contribution in [2.75, 3.05) is 20.3 Å². The molecule has 0 bridgehead atoms. The van der Waals surface area contributed by atoms with E-state index < -0.39 is 23.9 Å². The molecule has 1 aliphatic rings. The van der Waals surface area contributed by atoms with Gasteiger partial charge in [-0.05, 0) is 62.2 Å². The van der Waals surface area contributed by atoms with Gasteiger partial charge in [0.1, 0.15) is 0 Å². The van der Waals surface area contributed by atoms with Crippen LogP contribution in [0.15, 0.2) is 57.5 Å². The summed E-state index contributed by atoms with van der Waals surface area (Å²) in [5.74, 6) is -0.548. The lowest BCUT2D eigenvalue weighted by atomic mass is 9.95. The first-order valence-electron chi connectivity index (χ1n) is 13.1. The molecule has 11 nitrogen and oxygen atoms in total. The van der Waals surface area contributed by atoms with Crippen molar-refractivity contribution in [3.63, 3.8) is 0 Å². The molecule has 0 spiro atoms. The summed E-state index contributed by atoms with van der Waals surface area (Å²) in [5, 5.41) is 0. The van der Waals surface area contributed by atoms with Gasteiger partial charge in [-0.3, -0.25) is 19.0 Å². The molecular formula is C30H30N2O9S. The van der Waals surface area contributed by atoms with E-state index in [-0.39, 0.29) is 35.0 Å². The molecule has 0 saturated carbocycles. The quantitative estimate of drug-likeness (QED) is 0.271. The van der Waals surface area contributed by atoms with E-state index in [2.05, 4.69) is 4.99 Å². The molecule has 0 aliphatic carbocycles. The van der Waals surface area contributed by atoms with Crippen LogP contribution in [-0.4, -0.2) is 42.8 Å². The third kappa shape index (κ3) is 6.28. The Balaban J connectivity index is 1.91. The monoisotopic (exact) mass is 594 g/mol. The van der Waals surface area contributed by atoms with Crippen LogP contribution in [0.2, 0.25) is 0 Å². The highest BCUT2D eigenvalue weighted by molar-refractivity contribution is 7.07. The van der Waals surface area contributed by atoms with Gasteiger partial charge in [0, 0.05) is 13.8 Å². The Morgan fingerprint density at radius 1 is 0.952 bits per heavy atom. The summed E-state index contributed by atoms with van der Waals surface area (Å²) in [6.07, 6.45) is 1.68. The lowest BCUT2D eigenvalue weighted by Gasteiger charge is -2.25. The minimum absolute atomic E-state index is 0.132. The molecule has 2 heterocycles. The Hall–Kier alpha value is -4.71. The predicted octanol–water partition coefficient (Wildman–Crippen LogP) is 3.06. The second kappa shape index (κ2) is 12.9. The number of carbonyl (C=O) groups is 3. The van der Waals surface area contributed by atoms with Crippen molar-refractivity contribution in [3.05, 3.63) is 78.5 Å². The van der Waals surface area contributed by atoms with Gasteiger partial charge < -0.3 is 23.7 Å². The van der Waals surface area contributed by atoms with Gasteiger partial charge >= 0.3 is 17.9 Å². The zero-order valence-corrected chi connectivity index (χ0v) is 24.8. The summed E-state index contributed by atoms with van der Waals surface area (Å²) in [7, 11) is 1.42. The minimum atomic E-state index is -0.895. The van der Waals surface area contributed by atoms with Crippen LogP contribution in [0, 0.1) is 0 Å². The number of carbonyl (C=O) groups excluding carboxylic acids is 3. The number of nitrogens with zero attached hydrogens (tertiary/aromatic N) is 2. The van der Waals surface area contributed by atoms with Gasteiger partial charge in [0.05, 0.1) is 42.2 Å². The molecule has 1 aromatic heterocycles. The van der Waals surface area contributed by atoms with Crippen molar-refractivity contribution >= 4 is 35.3 Å². The zero-order valence-electron chi connectivity index (χ0n) is 24.0. The molecule has 1 unspecified atom stereocenters.